The number of nitrogens with one attached hydrogen (secondary N) is 2. The van der Waals surface area contributed by atoms with E-state index in [9.17, 15) is 14.4 Å². The van der Waals surface area contributed by atoms with Crippen molar-refractivity contribution in [2.45, 2.75) is 10.6 Å². The Labute approximate surface area is 160 Å². The zero-order valence-corrected chi connectivity index (χ0v) is 15.5. The maximum Gasteiger partial charge on any atom is 0.338 e. The maximum atomic E-state index is 11.9. The standard InChI is InChI=1S/C18H17ClN2O4S/c1-20-18(24)21-16(22)10-25-17(23)13-4-2-12(3-5-13)11-26-15-8-6-14(19)7-9-15/h2-9H,10-11H2,1H3,(H2,20,21,22,24). The summed E-state index contributed by atoms with van der Waals surface area (Å²) in [6.07, 6.45) is 0. The molecule has 0 fully saturated rings. The Bertz CT molecular complexity index is 779. The molecule has 0 heterocycles. The molecule has 8 heteroatoms. The van der Waals surface area contributed by atoms with E-state index in [1.807, 2.05) is 41.7 Å². The molecule has 3 amide bonds. The fraction of sp³-hybridized carbons (Fsp3) is 0.167. The highest BCUT2D eigenvalue weighted by atomic mass is 35.5. The van der Waals surface area contributed by atoms with E-state index in [-0.39, 0.29) is 0 Å². The fourth-order valence-electron chi connectivity index (χ4n) is 1.87. The highest BCUT2D eigenvalue weighted by molar-refractivity contribution is 7.98. The molecule has 0 aromatic heterocycles. The lowest BCUT2D eigenvalue weighted by Gasteiger charge is -2.06. The van der Waals surface area contributed by atoms with Gasteiger partial charge < -0.3 is 10.1 Å². The first-order valence-electron chi connectivity index (χ1n) is 7.64. The van der Waals surface area contributed by atoms with Gasteiger partial charge in [-0.3, -0.25) is 10.1 Å². The molecule has 0 saturated heterocycles. The topological polar surface area (TPSA) is 84.5 Å². The third kappa shape index (κ3) is 6.42. The van der Waals surface area contributed by atoms with Crippen LogP contribution in [0.15, 0.2) is 53.4 Å². The lowest BCUT2D eigenvalue weighted by Crippen LogP contribution is -2.39. The number of esters is 1. The van der Waals surface area contributed by atoms with Gasteiger partial charge in [0, 0.05) is 22.7 Å². The van der Waals surface area contributed by atoms with Crippen LogP contribution in [0.2, 0.25) is 5.02 Å². The minimum absolute atomic E-state index is 0.331. The molecule has 2 aromatic rings. The SMILES string of the molecule is CNC(=O)NC(=O)COC(=O)c1ccc(CSc2ccc(Cl)cc2)cc1. The zero-order valence-electron chi connectivity index (χ0n) is 14.0. The molecule has 2 N–H and O–H groups in total. The summed E-state index contributed by atoms with van der Waals surface area (Å²) in [5.41, 5.74) is 1.37. The first kappa shape index (κ1) is 19.8. The van der Waals surface area contributed by atoms with Crippen molar-refractivity contribution >= 4 is 41.3 Å². The number of ether oxygens (including phenoxy) is 1. The summed E-state index contributed by atoms with van der Waals surface area (Å²) in [5, 5.41) is 4.93. The van der Waals surface area contributed by atoms with E-state index in [4.69, 9.17) is 16.3 Å². The predicted octanol–water partition coefficient (Wildman–Crippen LogP) is 3.24. The maximum absolute atomic E-state index is 11.9. The van der Waals surface area contributed by atoms with Gasteiger partial charge in [-0.15, -0.1) is 11.8 Å². The van der Waals surface area contributed by atoms with Crippen LogP contribution in [0, 0.1) is 0 Å². The Morgan fingerprint density at radius 2 is 1.69 bits per heavy atom. The van der Waals surface area contributed by atoms with Gasteiger partial charge in [-0.2, -0.15) is 0 Å². The second kappa shape index (κ2) is 9.84. The van der Waals surface area contributed by atoms with Crippen molar-refractivity contribution in [3.8, 4) is 0 Å². The smallest absolute Gasteiger partial charge is 0.338 e. The number of rotatable bonds is 6. The number of urea groups is 1. The van der Waals surface area contributed by atoms with Crippen LogP contribution in [0.5, 0.6) is 0 Å². The van der Waals surface area contributed by atoms with Crippen LogP contribution < -0.4 is 10.6 Å². The van der Waals surface area contributed by atoms with Crippen molar-refractivity contribution in [2.75, 3.05) is 13.7 Å². The Hall–Kier alpha value is -2.51. The number of amides is 3. The molecule has 0 unspecified atom stereocenters. The Morgan fingerprint density at radius 3 is 2.31 bits per heavy atom. The lowest BCUT2D eigenvalue weighted by atomic mass is 10.1. The quantitative estimate of drug-likeness (QED) is 0.582. The number of hydrogen-bond donors (Lipinski definition) is 2. The number of benzene rings is 2. The van der Waals surface area contributed by atoms with E-state index in [0.717, 1.165) is 16.2 Å². The Morgan fingerprint density at radius 1 is 1.04 bits per heavy atom. The molecule has 136 valence electrons. The van der Waals surface area contributed by atoms with Crippen LogP contribution >= 0.6 is 23.4 Å². The van der Waals surface area contributed by atoms with Gasteiger partial charge in [0.1, 0.15) is 0 Å². The van der Waals surface area contributed by atoms with Gasteiger partial charge in [-0.1, -0.05) is 23.7 Å². The number of halogens is 1. The molecular weight excluding hydrogens is 376 g/mol. The second-order valence-corrected chi connectivity index (χ2v) is 6.63. The van der Waals surface area contributed by atoms with Crippen LogP contribution in [0.3, 0.4) is 0 Å². The average Bonchev–Trinajstić information content (AvgIpc) is 2.66. The van der Waals surface area contributed by atoms with E-state index in [2.05, 4.69) is 5.32 Å². The highest BCUT2D eigenvalue weighted by Gasteiger charge is 2.11. The Kier molecular flexibility index (Phi) is 7.50. The Balaban J connectivity index is 1.82. The van der Waals surface area contributed by atoms with Gasteiger partial charge in [-0.05, 0) is 42.0 Å². The largest absolute Gasteiger partial charge is 0.452 e. The van der Waals surface area contributed by atoms with Gasteiger partial charge in [0.15, 0.2) is 6.61 Å². The first-order chi connectivity index (χ1) is 12.5. The molecule has 0 spiro atoms. The molecule has 26 heavy (non-hydrogen) atoms. The normalized spacial score (nSPS) is 10.1. The molecule has 0 aliphatic rings. The van der Waals surface area contributed by atoms with Crippen molar-refractivity contribution in [1.82, 2.24) is 10.6 Å². The van der Waals surface area contributed by atoms with Gasteiger partial charge in [0.05, 0.1) is 5.56 Å². The van der Waals surface area contributed by atoms with Crippen LogP contribution in [0.1, 0.15) is 15.9 Å². The van der Waals surface area contributed by atoms with Gasteiger partial charge in [0.2, 0.25) is 0 Å². The third-order valence-corrected chi connectivity index (χ3v) is 4.56. The van der Waals surface area contributed by atoms with Crippen LogP contribution in [0.25, 0.3) is 0 Å². The highest BCUT2D eigenvalue weighted by Crippen LogP contribution is 2.24. The summed E-state index contributed by atoms with van der Waals surface area (Å²) in [6.45, 7) is -0.527. The van der Waals surface area contributed by atoms with Crippen LogP contribution in [0.4, 0.5) is 4.79 Å². The van der Waals surface area contributed by atoms with E-state index in [1.165, 1.54) is 7.05 Å². The third-order valence-electron chi connectivity index (χ3n) is 3.22. The minimum atomic E-state index is -0.700. The van der Waals surface area contributed by atoms with E-state index in [0.29, 0.717) is 10.6 Å². The van der Waals surface area contributed by atoms with Crippen LogP contribution in [-0.2, 0) is 15.3 Å². The molecule has 2 aromatic carbocycles. The first-order valence-corrected chi connectivity index (χ1v) is 9.00. The molecule has 0 aliphatic carbocycles. The van der Waals surface area contributed by atoms with Crippen molar-refractivity contribution in [2.24, 2.45) is 0 Å². The molecule has 0 radical (unpaired) electrons. The van der Waals surface area contributed by atoms with E-state index < -0.39 is 24.5 Å². The molecular formula is C18H17ClN2O4S. The van der Waals surface area contributed by atoms with Gasteiger partial charge >= 0.3 is 12.0 Å². The van der Waals surface area contributed by atoms with Crippen molar-refractivity contribution in [3.63, 3.8) is 0 Å². The van der Waals surface area contributed by atoms with Gasteiger partial charge in [-0.25, -0.2) is 9.59 Å². The number of thioether (sulfide) groups is 1. The fourth-order valence-corrected chi connectivity index (χ4v) is 2.85. The van der Waals surface area contributed by atoms with Crippen molar-refractivity contribution in [1.29, 1.82) is 0 Å². The number of carbonyl (C=O) groups excluding carboxylic acids is 3. The number of hydrogen-bond acceptors (Lipinski definition) is 5. The average molecular weight is 393 g/mol. The molecule has 2 rings (SSSR count). The summed E-state index contributed by atoms with van der Waals surface area (Å²) < 4.78 is 4.87. The lowest BCUT2D eigenvalue weighted by molar-refractivity contribution is -0.123. The minimum Gasteiger partial charge on any atom is -0.452 e. The molecule has 0 atom stereocenters. The van der Waals surface area contributed by atoms with Crippen molar-refractivity contribution in [3.05, 3.63) is 64.7 Å². The van der Waals surface area contributed by atoms with Crippen molar-refractivity contribution < 1.29 is 19.1 Å². The molecule has 0 saturated carbocycles. The molecule has 0 aliphatic heterocycles. The predicted molar refractivity (Wildman–Crippen MR) is 100 cm³/mol. The zero-order chi connectivity index (χ0) is 18.9. The molecule has 0 bridgehead atoms. The summed E-state index contributed by atoms with van der Waals surface area (Å²) in [5.74, 6) is -0.589. The monoisotopic (exact) mass is 392 g/mol. The van der Waals surface area contributed by atoms with E-state index >= 15 is 0 Å². The second-order valence-electron chi connectivity index (χ2n) is 5.14. The summed E-state index contributed by atoms with van der Waals surface area (Å²) in [7, 11) is 1.38. The van der Waals surface area contributed by atoms with E-state index in [1.54, 1.807) is 23.9 Å². The summed E-state index contributed by atoms with van der Waals surface area (Å²) >= 11 is 7.51. The summed E-state index contributed by atoms with van der Waals surface area (Å²) in [4.78, 5) is 35.3. The van der Waals surface area contributed by atoms with Gasteiger partial charge in [0.25, 0.3) is 5.91 Å². The molecule has 6 nitrogen and oxygen atoms in total. The summed E-state index contributed by atoms with van der Waals surface area (Å²) in [6, 6.07) is 13.8. The number of imide groups is 1. The number of carbonyl (C=O) groups is 3. The van der Waals surface area contributed by atoms with Crippen LogP contribution in [-0.4, -0.2) is 31.6 Å².